The first-order valence-corrected chi connectivity index (χ1v) is 17.7. The van der Waals surface area contributed by atoms with Gasteiger partial charge in [0.2, 0.25) is 5.91 Å². The van der Waals surface area contributed by atoms with Gasteiger partial charge in [-0.05, 0) is 74.2 Å². The van der Waals surface area contributed by atoms with Crippen molar-refractivity contribution in [3.8, 4) is 0 Å². The van der Waals surface area contributed by atoms with Gasteiger partial charge in [-0.3, -0.25) is 14.5 Å². The number of carbonyl (C=O) groups is 3. The Morgan fingerprint density at radius 2 is 1.63 bits per heavy atom. The Bertz CT molecular complexity index is 1490. The van der Waals surface area contributed by atoms with Crippen LogP contribution in [0.25, 0.3) is 10.1 Å². The van der Waals surface area contributed by atoms with Crippen molar-refractivity contribution < 1.29 is 19.1 Å². The van der Waals surface area contributed by atoms with Crippen LogP contribution in [0.3, 0.4) is 0 Å². The smallest absolute Gasteiger partial charge is 0.320 e. The fraction of sp³-hybridized carbons (Fsp3) is 0.528. The fourth-order valence-corrected chi connectivity index (χ4v) is 8.10. The second kappa shape index (κ2) is 15.0. The van der Waals surface area contributed by atoms with Gasteiger partial charge < -0.3 is 25.2 Å². The van der Waals surface area contributed by atoms with E-state index in [0.29, 0.717) is 44.0 Å². The van der Waals surface area contributed by atoms with Crippen LogP contribution < -0.4 is 10.6 Å². The number of thiophene rings is 1. The van der Waals surface area contributed by atoms with Crippen molar-refractivity contribution in [2.75, 3.05) is 59.0 Å². The zero-order chi connectivity index (χ0) is 31.9. The van der Waals surface area contributed by atoms with E-state index < -0.39 is 5.54 Å². The number of rotatable bonds is 10. The molecule has 2 aliphatic heterocycles. The number of benzene rings is 2. The third-order valence-electron chi connectivity index (χ3n) is 9.76. The molecule has 46 heavy (non-hydrogen) atoms. The molecule has 3 fully saturated rings. The first kappa shape index (κ1) is 32.5. The second-order valence-corrected chi connectivity index (χ2v) is 14.2. The predicted molar refractivity (Wildman–Crippen MR) is 182 cm³/mol. The van der Waals surface area contributed by atoms with Crippen LogP contribution in [0.5, 0.6) is 0 Å². The zero-order valence-corrected chi connectivity index (χ0v) is 27.8. The minimum Gasteiger partial charge on any atom is -0.378 e. The normalized spacial score (nSPS) is 19.2. The number of hydrogen-bond donors (Lipinski definition) is 2. The highest BCUT2D eigenvalue weighted by molar-refractivity contribution is 7.20. The number of nitrogens with zero attached hydrogens (tertiary/aromatic N) is 3. The van der Waals surface area contributed by atoms with Gasteiger partial charge in [-0.15, -0.1) is 11.3 Å². The minimum absolute atomic E-state index is 0.0410. The zero-order valence-electron chi connectivity index (χ0n) is 27.0. The molecule has 0 spiro atoms. The van der Waals surface area contributed by atoms with Gasteiger partial charge >= 0.3 is 6.03 Å². The molecule has 2 aromatic carbocycles. The Labute approximate surface area is 276 Å². The van der Waals surface area contributed by atoms with Gasteiger partial charge in [0.15, 0.2) is 0 Å². The summed E-state index contributed by atoms with van der Waals surface area (Å²) in [5, 5.41) is 7.66. The van der Waals surface area contributed by atoms with Crippen LogP contribution in [0, 0.1) is 6.92 Å². The van der Waals surface area contributed by atoms with Crippen LogP contribution >= 0.6 is 11.3 Å². The van der Waals surface area contributed by atoms with Crippen LogP contribution in [0.2, 0.25) is 0 Å². The largest absolute Gasteiger partial charge is 0.378 e. The van der Waals surface area contributed by atoms with E-state index in [1.807, 2.05) is 34.1 Å². The Hall–Kier alpha value is -3.47. The molecule has 3 heterocycles. The molecule has 246 valence electrons. The molecule has 9 nitrogen and oxygen atoms in total. The number of urea groups is 1. The van der Waals surface area contributed by atoms with Crippen molar-refractivity contribution in [1.29, 1.82) is 0 Å². The molecule has 0 unspecified atom stereocenters. The average Bonchev–Trinajstić information content (AvgIpc) is 3.73. The summed E-state index contributed by atoms with van der Waals surface area (Å²) < 4.78 is 6.48. The maximum absolute atomic E-state index is 14.1. The molecule has 3 aliphatic rings. The number of hydrogen-bond acceptors (Lipinski definition) is 6. The van der Waals surface area contributed by atoms with E-state index in [9.17, 15) is 14.4 Å². The summed E-state index contributed by atoms with van der Waals surface area (Å²) in [6, 6.07) is 18.6. The molecule has 10 heteroatoms. The van der Waals surface area contributed by atoms with E-state index >= 15 is 0 Å². The molecule has 4 amide bonds. The van der Waals surface area contributed by atoms with Crippen molar-refractivity contribution in [3.05, 3.63) is 70.6 Å². The monoisotopic (exact) mass is 645 g/mol. The van der Waals surface area contributed by atoms with Crippen molar-refractivity contribution in [2.45, 2.75) is 63.5 Å². The molecular weight excluding hydrogens is 598 g/mol. The van der Waals surface area contributed by atoms with E-state index in [0.717, 1.165) is 74.9 Å². The predicted octanol–water partition coefficient (Wildman–Crippen LogP) is 4.83. The van der Waals surface area contributed by atoms with E-state index in [1.165, 1.54) is 22.5 Å². The number of morpholine rings is 1. The number of piperazine rings is 1. The minimum atomic E-state index is -0.887. The maximum atomic E-state index is 14.1. The summed E-state index contributed by atoms with van der Waals surface area (Å²) >= 11 is 1.48. The number of aryl methyl sites for hydroxylation is 1. The van der Waals surface area contributed by atoms with Gasteiger partial charge in [-0.25, -0.2) is 4.79 Å². The molecule has 1 aliphatic carbocycles. The summed E-state index contributed by atoms with van der Waals surface area (Å²) in [6.07, 6.45) is 5.67. The van der Waals surface area contributed by atoms with Gasteiger partial charge in [0.1, 0.15) is 5.54 Å². The molecule has 0 radical (unpaired) electrons. The number of carbonyl (C=O) groups excluding carboxylic acids is 3. The number of amides is 4. The van der Waals surface area contributed by atoms with Crippen LogP contribution in [0.15, 0.2) is 54.6 Å². The molecule has 6 rings (SSSR count). The van der Waals surface area contributed by atoms with Crippen LogP contribution in [0.1, 0.15) is 59.3 Å². The molecule has 1 saturated carbocycles. The quantitative estimate of drug-likeness (QED) is 0.330. The van der Waals surface area contributed by atoms with Crippen LogP contribution in [0.4, 0.5) is 4.79 Å². The molecule has 1 atom stereocenters. The van der Waals surface area contributed by atoms with E-state index in [1.54, 1.807) is 0 Å². The van der Waals surface area contributed by atoms with Crippen molar-refractivity contribution in [2.24, 2.45) is 0 Å². The lowest BCUT2D eigenvalue weighted by atomic mass is 9.94. The van der Waals surface area contributed by atoms with Gasteiger partial charge in [0.05, 0.1) is 18.1 Å². The second-order valence-electron chi connectivity index (χ2n) is 13.1. The summed E-state index contributed by atoms with van der Waals surface area (Å²) in [7, 11) is 0. The maximum Gasteiger partial charge on any atom is 0.320 e. The van der Waals surface area contributed by atoms with Crippen molar-refractivity contribution in [3.63, 3.8) is 0 Å². The van der Waals surface area contributed by atoms with Crippen molar-refractivity contribution in [1.82, 2.24) is 25.3 Å². The van der Waals surface area contributed by atoms with E-state index in [-0.39, 0.29) is 23.9 Å². The van der Waals surface area contributed by atoms with E-state index in [2.05, 4.69) is 52.8 Å². The van der Waals surface area contributed by atoms with Gasteiger partial charge in [0, 0.05) is 50.0 Å². The fourth-order valence-electron chi connectivity index (χ4n) is 7.04. The Kier molecular flexibility index (Phi) is 10.6. The topological polar surface area (TPSA) is 94.2 Å². The first-order chi connectivity index (χ1) is 22.4. The number of nitrogens with one attached hydrogen (secondary N) is 2. The van der Waals surface area contributed by atoms with E-state index in [4.69, 9.17) is 4.74 Å². The Balaban J connectivity index is 1.06. The highest BCUT2D eigenvalue weighted by Gasteiger charge is 2.43. The molecular formula is C36H47N5O4S. The highest BCUT2D eigenvalue weighted by atomic mass is 32.1. The van der Waals surface area contributed by atoms with Crippen LogP contribution in [-0.2, 0) is 16.0 Å². The lowest BCUT2D eigenvalue weighted by Crippen LogP contribution is -2.59. The van der Waals surface area contributed by atoms with Crippen molar-refractivity contribution >= 4 is 39.3 Å². The lowest BCUT2D eigenvalue weighted by Gasteiger charge is -2.38. The number of fused-ring (bicyclic) bond motifs is 1. The Morgan fingerprint density at radius 1 is 0.913 bits per heavy atom. The van der Waals surface area contributed by atoms with Gasteiger partial charge in [0.25, 0.3) is 5.91 Å². The molecule has 0 bridgehead atoms. The molecule has 2 N–H and O–H groups in total. The molecule has 2 saturated heterocycles. The third kappa shape index (κ3) is 7.90. The molecule has 3 aromatic rings. The third-order valence-corrected chi connectivity index (χ3v) is 10.9. The Morgan fingerprint density at radius 3 is 2.37 bits per heavy atom. The van der Waals surface area contributed by atoms with Gasteiger partial charge in [-0.1, -0.05) is 55.3 Å². The summed E-state index contributed by atoms with van der Waals surface area (Å²) in [5.74, 6) is -0.228. The summed E-state index contributed by atoms with van der Waals surface area (Å²) in [4.78, 5) is 47.4. The first-order valence-electron chi connectivity index (χ1n) is 16.9. The number of ether oxygens (including phenoxy) is 1. The van der Waals surface area contributed by atoms with Gasteiger partial charge in [-0.2, -0.15) is 0 Å². The highest BCUT2D eigenvalue weighted by Crippen LogP contribution is 2.32. The summed E-state index contributed by atoms with van der Waals surface area (Å²) in [6.45, 7) is 8.75. The van der Waals surface area contributed by atoms with Crippen LogP contribution in [-0.4, -0.2) is 103 Å². The SMILES string of the molecule is Cc1ccc2cc(C(=O)NC3(C(=O)N[C@@H](CCCN4CCN(C(=O)N5CCOCC5)CC4)Cc4ccccc4)CCCC3)sc2c1. The lowest BCUT2D eigenvalue weighted by molar-refractivity contribution is -0.128. The molecule has 1 aromatic heterocycles. The average molecular weight is 646 g/mol. The summed E-state index contributed by atoms with van der Waals surface area (Å²) in [5.41, 5.74) is 1.47. The standard InChI is InChI=1S/C36H47N5O4S/c1-27-11-12-29-26-32(46-31(29)24-27)33(42)38-36(13-5-6-14-36)34(43)37-30(25-28-8-3-2-4-9-28)10-7-15-39-16-18-40(19-17-39)35(44)41-20-22-45-23-21-41/h2-4,8-9,11-12,24,26,30H,5-7,10,13-23,25H2,1H3,(H,37,43)(H,38,42)/t30-/m0/s1.